The first-order chi connectivity index (χ1) is 12.0. The molecule has 1 heterocycles. The Hall–Kier alpha value is -2.25. The van der Waals surface area contributed by atoms with Crippen molar-refractivity contribution in [2.24, 2.45) is 4.99 Å². The predicted octanol–water partition coefficient (Wildman–Crippen LogP) is 4.40. The molecule has 0 saturated carbocycles. The van der Waals surface area contributed by atoms with Crippen LogP contribution in [0.25, 0.3) is 6.08 Å². The van der Waals surface area contributed by atoms with E-state index >= 15 is 0 Å². The van der Waals surface area contributed by atoms with Crippen molar-refractivity contribution in [1.82, 2.24) is 4.90 Å². The molecule has 0 atom stereocenters. The molecule has 5 nitrogen and oxygen atoms in total. The number of amidine groups is 1. The number of methoxy groups -OCH3 is 1. The van der Waals surface area contributed by atoms with Gasteiger partial charge in [-0.25, -0.2) is 4.99 Å². The van der Waals surface area contributed by atoms with E-state index in [0.29, 0.717) is 21.4 Å². The normalized spacial score (nSPS) is 17.6. The van der Waals surface area contributed by atoms with Gasteiger partial charge in [0.15, 0.2) is 16.7 Å². The number of ether oxygens (including phenoxy) is 1. The predicted molar refractivity (Wildman–Crippen MR) is 104 cm³/mol. The summed E-state index contributed by atoms with van der Waals surface area (Å²) in [7, 11) is 3.18. The molecule has 2 aromatic rings. The average molecular weight is 419 g/mol. The Labute approximate surface area is 158 Å². The van der Waals surface area contributed by atoms with Gasteiger partial charge in [0.1, 0.15) is 0 Å². The molecule has 0 aromatic heterocycles. The van der Waals surface area contributed by atoms with Gasteiger partial charge in [0.2, 0.25) is 0 Å². The van der Waals surface area contributed by atoms with Crippen molar-refractivity contribution in [3.05, 3.63) is 57.4 Å². The molecule has 1 N–H and O–H groups in total. The van der Waals surface area contributed by atoms with Gasteiger partial charge in [0.25, 0.3) is 5.91 Å². The molecule has 1 aliphatic heterocycles. The zero-order chi connectivity index (χ0) is 18.0. The molecule has 7 heteroatoms. The first kappa shape index (κ1) is 17.6. The van der Waals surface area contributed by atoms with Crippen molar-refractivity contribution >= 4 is 50.5 Å². The zero-order valence-electron chi connectivity index (χ0n) is 13.6. The Kier molecular flexibility index (Phi) is 5.15. The molecule has 2 aromatic carbocycles. The van der Waals surface area contributed by atoms with E-state index in [-0.39, 0.29) is 11.7 Å². The topological polar surface area (TPSA) is 62.1 Å². The number of phenolic OH excluding ortho intramolecular Hbond substituents is 1. The van der Waals surface area contributed by atoms with Crippen LogP contribution in [0.4, 0.5) is 5.69 Å². The van der Waals surface area contributed by atoms with Crippen molar-refractivity contribution in [2.75, 3.05) is 14.2 Å². The van der Waals surface area contributed by atoms with Gasteiger partial charge in [-0.1, -0.05) is 22.0 Å². The van der Waals surface area contributed by atoms with Crippen LogP contribution in [0.2, 0.25) is 0 Å². The van der Waals surface area contributed by atoms with Gasteiger partial charge in [0.05, 0.1) is 17.7 Å². The highest BCUT2D eigenvalue weighted by atomic mass is 79.9. The number of thioether (sulfide) groups is 1. The largest absolute Gasteiger partial charge is 0.504 e. The smallest absolute Gasteiger partial charge is 0.266 e. The molecular weight excluding hydrogens is 404 g/mol. The summed E-state index contributed by atoms with van der Waals surface area (Å²) in [6.07, 6.45) is 1.73. The van der Waals surface area contributed by atoms with Gasteiger partial charge in [-0.3, -0.25) is 9.69 Å². The van der Waals surface area contributed by atoms with Gasteiger partial charge in [-0.2, -0.15) is 0 Å². The van der Waals surface area contributed by atoms with Crippen LogP contribution in [0, 0.1) is 0 Å². The molecule has 1 amide bonds. The summed E-state index contributed by atoms with van der Waals surface area (Å²) in [5.74, 6) is 0.294. The summed E-state index contributed by atoms with van der Waals surface area (Å²) in [4.78, 5) is 19.0. The minimum absolute atomic E-state index is 0.0319. The standard InChI is InChI=1S/C18H15BrN2O3S/c1-21-17(23)16(10-11-3-8-15(24-2)14(22)9-11)25-18(21)20-13-6-4-12(19)5-7-13/h3-10,22H,1-2H3/b16-10-,20-18?. The fourth-order valence-electron chi connectivity index (χ4n) is 2.23. The molecule has 0 aliphatic carbocycles. The van der Waals surface area contributed by atoms with E-state index < -0.39 is 0 Å². The van der Waals surface area contributed by atoms with Crippen LogP contribution in [0.5, 0.6) is 11.5 Å². The van der Waals surface area contributed by atoms with E-state index in [4.69, 9.17) is 4.74 Å². The number of amides is 1. The third-order valence-electron chi connectivity index (χ3n) is 3.56. The number of hydrogen-bond donors (Lipinski definition) is 1. The fraction of sp³-hybridized carbons (Fsp3) is 0.111. The van der Waals surface area contributed by atoms with Crippen LogP contribution in [0.3, 0.4) is 0 Å². The van der Waals surface area contributed by atoms with E-state index in [1.54, 1.807) is 31.3 Å². The number of carbonyl (C=O) groups excluding carboxylic acids is 1. The third-order valence-corrected chi connectivity index (χ3v) is 5.14. The van der Waals surface area contributed by atoms with Gasteiger partial charge < -0.3 is 9.84 Å². The maximum atomic E-state index is 12.4. The van der Waals surface area contributed by atoms with Crippen LogP contribution in [0.1, 0.15) is 5.56 Å². The highest BCUT2D eigenvalue weighted by Gasteiger charge is 2.30. The van der Waals surface area contributed by atoms with Gasteiger partial charge >= 0.3 is 0 Å². The van der Waals surface area contributed by atoms with E-state index in [9.17, 15) is 9.90 Å². The first-order valence-corrected chi connectivity index (χ1v) is 8.98. The monoisotopic (exact) mass is 418 g/mol. The Morgan fingerprint density at radius 2 is 1.96 bits per heavy atom. The van der Waals surface area contributed by atoms with E-state index in [2.05, 4.69) is 20.9 Å². The maximum Gasteiger partial charge on any atom is 0.266 e. The van der Waals surface area contributed by atoms with Gasteiger partial charge in [0, 0.05) is 11.5 Å². The van der Waals surface area contributed by atoms with Gasteiger partial charge in [-0.15, -0.1) is 0 Å². The molecule has 0 unspecified atom stereocenters. The minimum atomic E-state index is -0.129. The van der Waals surface area contributed by atoms with E-state index in [1.807, 2.05) is 24.3 Å². The van der Waals surface area contributed by atoms with Crippen LogP contribution in [-0.4, -0.2) is 35.2 Å². The van der Waals surface area contributed by atoms with Crippen molar-refractivity contribution in [3.8, 4) is 11.5 Å². The molecule has 0 radical (unpaired) electrons. The Bertz CT molecular complexity index is 878. The summed E-state index contributed by atoms with van der Waals surface area (Å²) in [5.41, 5.74) is 1.49. The molecule has 1 saturated heterocycles. The minimum Gasteiger partial charge on any atom is -0.504 e. The second-order valence-corrected chi connectivity index (χ2v) is 7.20. The lowest BCUT2D eigenvalue weighted by Crippen LogP contribution is -2.23. The molecule has 0 bridgehead atoms. The van der Waals surface area contributed by atoms with E-state index in [0.717, 1.165) is 10.2 Å². The lowest BCUT2D eigenvalue weighted by Gasteiger charge is -2.07. The molecule has 3 rings (SSSR count). The number of likely N-dealkylation sites (N-methyl/N-ethyl adjacent to an activating group) is 1. The quantitative estimate of drug-likeness (QED) is 0.750. The Morgan fingerprint density at radius 1 is 1.24 bits per heavy atom. The average Bonchev–Trinajstić information content (AvgIpc) is 2.85. The van der Waals surface area contributed by atoms with Crippen LogP contribution < -0.4 is 4.74 Å². The number of phenols is 1. The SMILES string of the molecule is COc1ccc(/C=C2\SC(=Nc3ccc(Br)cc3)N(C)C2=O)cc1O. The number of hydrogen-bond acceptors (Lipinski definition) is 5. The Balaban J connectivity index is 1.88. The van der Waals surface area contributed by atoms with Crippen molar-refractivity contribution < 1.29 is 14.6 Å². The molecule has 1 aliphatic rings. The second kappa shape index (κ2) is 7.33. The summed E-state index contributed by atoms with van der Waals surface area (Å²) < 4.78 is 6.00. The summed E-state index contributed by atoms with van der Waals surface area (Å²) in [6.45, 7) is 0. The number of aliphatic imine (C=N–C) groups is 1. The highest BCUT2D eigenvalue weighted by Crippen LogP contribution is 2.34. The van der Waals surface area contributed by atoms with Crippen molar-refractivity contribution in [3.63, 3.8) is 0 Å². The summed E-state index contributed by atoms with van der Waals surface area (Å²) in [6, 6.07) is 12.5. The van der Waals surface area contributed by atoms with Crippen LogP contribution >= 0.6 is 27.7 Å². The molecule has 0 spiro atoms. The summed E-state index contributed by atoms with van der Waals surface area (Å²) >= 11 is 4.68. The maximum absolute atomic E-state index is 12.4. The molecule has 25 heavy (non-hydrogen) atoms. The number of halogens is 1. The Morgan fingerprint density at radius 3 is 2.60 bits per heavy atom. The number of nitrogens with zero attached hydrogens (tertiary/aromatic N) is 2. The first-order valence-electron chi connectivity index (χ1n) is 7.37. The molecular formula is C18H15BrN2O3S. The van der Waals surface area contributed by atoms with Crippen molar-refractivity contribution in [2.45, 2.75) is 0 Å². The number of rotatable bonds is 3. The molecule has 128 valence electrons. The van der Waals surface area contributed by atoms with Crippen LogP contribution in [-0.2, 0) is 4.79 Å². The third kappa shape index (κ3) is 3.88. The fourth-order valence-corrected chi connectivity index (χ4v) is 3.48. The lowest BCUT2D eigenvalue weighted by atomic mass is 10.2. The molecule has 1 fully saturated rings. The van der Waals surface area contributed by atoms with Crippen molar-refractivity contribution in [1.29, 1.82) is 0 Å². The highest BCUT2D eigenvalue weighted by molar-refractivity contribution is 9.10. The number of aromatic hydroxyl groups is 1. The summed E-state index contributed by atoms with van der Waals surface area (Å²) in [5, 5.41) is 10.5. The second-order valence-electron chi connectivity index (χ2n) is 5.28. The van der Waals surface area contributed by atoms with Gasteiger partial charge in [-0.05, 0) is 59.8 Å². The lowest BCUT2D eigenvalue weighted by molar-refractivity contribution is -0.121. The van der Waals surface area contributed by atoms with Crippen LogP contribution in [0.15, 0.2) is 56.8 Å². The van der Waals surface area contributed by atoms with E-state index in [1.165, 1.54) is 23.8 Å². The zero-order valence-corrected chi connectivity index (χ0v) is 16.0. The number of benzene rings is 2. The number of carbonyl (C=O) groups is 1.